The summed E-state index contributed by atoms with van der Waals surface area (Å²) in [5, 5.41) is 4.45. The summed E-state index contributed by atoms with van der Waals surface area (Å²) >= 11 is 1.97. The van der Waals surface area contributed by atoms with Gasteiger partial charge in [-0.3, -0.25) is 0 Å². The maximum Gasteiger partial charge on any atom is 0.0720 e. The van der Waals surface area contributed by atoms with E-state index in [2.05, 4.69) is 12.2 Å². The first-order valence-electron chi connectivity index (χ1n) is 3.61. The van der Waals surface area contributed by atoms with E-state index in [4.69, 9.17) is 4.74 Å². The Bertz CT molecular complexity index is 93.6. The van der Waals surface area contributed by atoms with E-state index in [0.717, 1.165) is 12.3 Å². The van der Waals surface area contributed by atoms with Crippen LogP contribution in [-0.2, 0) is 4.74 Å². The van der Waals surface area contributed by atoms with Crippen molar-refractivity contribution in [3.05, 3.63) is 0 Å². The van der Waals surface area contributed by atoms with Crippen LogP contribution in [0, 0.1) is 0 Å². The molecule has 2 unspecified atom stereocenters. The largest absolute Gasteiger partial charge is 0.380 e. The standard InChI is InChI=1S/C7H14NOS/c1-6(9-2)7-5-10-4-3-8-7/h6-7H,3-5H2,1-2H3. The zero-order valence-corrected chi connectivity index (χ0v) is 7.36. The lowest BCUT2D eigenvalue weighted by Crippen LogP contribution is -2.40. The van der Waals surface area contributed by atoms with Gasteiger partial charge in [0.25, 0.3) is 0 Å². The van der Waals surface area contributed by atoms with Gasteiger partial charge >= 0.3 is 0 Å². The van der Waals surface area contributed by atoms with Crippen LogP contribution in [0.25, 0.3) is 0 Å². The topological polar surface area (TPSA) is 23.3 Å². The fourth-order valence-electron chi connectivity index (χ4n) is 0.981. The van der Waals surface area contributed by atoms with Gasteiger partial charge < -0.3 is 4.74 Å². The second-order valence-corrected chi connectivity index (χ2v) is 3.64. The van der Waals surface area contributed by atoms with Gasteiger partial charge in [0, 0.05) is 25.2 Å². The monoisotopic (exact) mass is 160 g/mol. The minimum Gasteiger partial charge on any atom is -0.380 e. The summed E-state index contributed by atoms with van der Waals surface area (Å²) in [6.45, 7) is 3.09. The first kappa shape index (κ1) is 8.37. The maximum atomic E-state index is 5.18. The number of ether oxygens (including phenoxy) is 1. The van der Waals surface area contributed by atoms with Gasteiger partial charge in [-0.15, -0.1) is 0 Å². The number of thioether (sulfide) groups is 1. The highest BCUT2D eigenvalue weighted by molar-refractivity contribution is 7.99. The number of hydrogen-bond acceptors (Lipinski definition) is 2. The Labute approximate surface area is 66.7 Å². The molecule has 10 heavy (non-hydrogen) atoms. The number of nitrogens with zero attached hydrogens (tertiary/aromatic N) is 1. The molecule has 0 aromatic rings. The average molecular weight is 160 g/mol. The second-order valence-electron chi connectivity index (χ2n) is 2.49. The second kappa shape index (κ2) is 4.21. The number of methoxy groups -OCH3 is 1. The van der Waals surface area contributed by atoms with Crippen LogP contribution in [0.4, 0.5) is 0 Å². The molecule has 2 atom stereocenters. The van der Waals surface area contributed by atoms with Gasteiger partial charge in [-0.2, -0.15) is 11.8 Å². The minimum atomic E-state index is 0.299. The van der Waals surface area contributed by atoms with Crippen LogP contribution in [0.5, 0.6) is 0 Å². The number of rotatable bonds is 2. The highest BCUT2D eigenvalue weighted by atomic mass is 32.2. The summed E-state index contributed by atoms with van der Waals surface area (Å²) in [6.07, 6.45) is 0.299. The third-order valence-corrected chi connectivity index (χ3v) is 2.85. The lowest BCUT2D eigenvalue weighted by atomic mass is 10.2. The Morgan fingerprint density at radius 2 is 2.50 bits per heavy atom. The van der Waals surface area contributed by atoms with Gasteiger partial charge in [-0.05, 0) is 6.92 Å². The molecule has 1 aliphatic rings. The molecule has 0 amide bonds. The lowest BCUT2D eigenvalue weighted by molar-refractivity contribution is 0.0889. The molecule has 0 bridgehead atoms. The van der Waals surface area contributed by atoms with E-state index in [1.54, 1.807) is 7.11 Å². The van der Waals surface area contributed by atoms with Crippen LogP contribution in [-0.4, -0.2) is 37.3 Å². The van der Waals surface area contributed by atoms with Crippen molar-refractivity contribution in [3.63, 3.8) is 0 Å². The van der Waals surface area contributed by atoms with E-state index < -0.39 is 0 Å². The first-order valence-corrected chi connectivity index (χ1v) is 4.77. The van der Waals surface area contributed by atoms with E-state index in [0.29, 0.717) is 12.1 Å². The summed E-state index contributed by atoms with van der Waals surface area (Å²) < 4.78 is 5.18. The van der Waals surface area contributed by atoms with Crippen molar-refractivity contribution in [3.8, 4) is 0 Å². The quantitative estimate of drug-likeness (QED) is 0.595. The van der Waals surface area contributed by atoms with Gasteiger partial charge in [-0.1, -0.05) is 0 Å². The van der Waals surface area contributed by atoms with E-state index >= 15 is 0 Å². The normalized spacial score (nSPS) is 30.0. The molecular weight excluding hydrogens is 146 g/mol. The van der Waals surface area contributed by atoms with Crippen LogP contribution in [0.3, 0.4) is 0 Å². The fraction of sp³-hybridized carbons (Fsp3) is 1.00. The predicted molar refractivity (Wildman–Crippen MR) is 44.6 cm³/mol. The van der Waals surface area contributed by atoms with Gasteiger partial charge in [0.2, 0.25) is 0 Å². The smallest absolute Gasteiger partial charge is 0.0720 e. The first-order chi connectivity index (χ1) is 4.84. The molecular formula is C7H14NOS. The Morgan fingerprint density at radius 3 is 3.00 bits per heavy atom. The minimum absolute atomic E-state index is 0.299. The molecule has 0 aromatic heterocycles. The van der Waals surface area contributed by atoms with Gasteiger partial charge in [0.05, 0.1) is 12.1 Å². The van der Waals surface area contributed by atoms with Crippen molar-refractivity contribution >= 4 is 11.8 Å². The molecule has 59 valence electrons. The zero-order chi connectivity index (χ0) is 7.40. The maximum absolute atomic E-state index is 5.18. The Hall–Kier alpha value is 0.270. The van der Waals surface area contributed by atoms with Crippen molar-refractivity contribution in [1.29, 1.82) is 0 Å². The molecule has 0 N–H and O–H groups in total. The molecule has 3 heteroatoms. The molecule has 1 saturated heterocycles. The van der Waals surface area contributed by atoms with Gasteiger partial charge in [0.15, 0.2) is 0 Å². The van der Waals surface area contributed by atoms with Crippen molar-refractivity contribution in [1.82, 2.24) is 5.32 Å². The van der Waals surface area contributed by atoms with E-state index in [1.807, 2.05) is 11.8 Å². The van der Waals surface area contributed by atoms with Crippen LogP contribution >= 0.6 is 11.8 Å². The molecule has 2 nitrogen and oxygen atoms in total. The number of hydrogen-bond donors (Lipinski definition) is 0. The van der Waals surface area contributed by atoms with Crippen LogP contribution < -0.4 is 5.32 Å². The van der Waals surface area contributed by atoms with Crippen LogP contribution in [0.15, 0.2) is 0 Å². The summed E-state index contributed by atoms with van der Waals surface area (Å²) in [4.78, 5) is 0. The Morgan fingerprint density at radius 1 is 1.70 bits per heavy atom. The van der Waals surface area contributed by atoms with Gasteiger partial charge in [-0.25, -0.2) is 5.32 Å². The van der Waals surface area contributed by atoms with Crippen molar-refractivity contribution in [2.45, 2.75) is 19.1 Å². The highest BCUT2D eigenvalue weighted by Gasteiger charge is 2.19. The zero-order valence-electron chi connectivity index (χ0n) is 6.54. The summed E-state index contributed by atoms with van der Waals surface area (Å²) in [5.41, 5.74) is 0. The molecule has 0 aromatic carbocycles. The fourth-order valence-corrected chi connectivity index (χ4v) is 2.00. The third-order valence-electron chi connectivity index (χ3n) is 1.80. The summed E-state index contributed by atoms with van der Waals surface area (Å²) in [6, 6.07) is 0.434. The average Bonchev–Trinajstić information content (AvgIpc) is 2.05. The molecule has 0 spiro atoms. The van der Waals surface area contributed by atoms with E-state index in [-0.39, 0.29) is 0 Å². The van der Waals surface area contributed by atoms with E-state index in [1.165, 1.54) is 5.75 Å². The predicted octanol–water partition coefficient (Wildman–Crippen LogP) is 0.741. The van der Waals surface area contributed by atoms with Crippen molar-refractivity contribution in [2.24, 2.45) is 0 Å². The molecule has 1 radical (unpaired) electrons. The summed E-state index contributed by atoms with van der Waals surface area (Å²) in [5.74, 6) is 2.32. The summed E-state index contributed by atoms with van der Waals surface area (Å²) in [7, 11) is 1.75. The molecule has 0 aliphatic carbocycles. The SMILES string of the molecule is COC(C)C1CSCC[N]1. The molecule has 1 fully saturated rings. The van der Waals surface area contributed by atoms with E-state index in [9.17, 15) is 0 Å². The molecule has 1 rings (SSSR count). The lowest BCUT2D eigenvalue weighted by Gasteiger charge is -2.25. The van der Waals surface area contributed by atoms with Gasteiger partial charge in [0.1, 0.15) is 0 Å². The van der Waals surface area contributed by atoms with Crippen molar-refractivity contribution < 1.29 is 4.74 Å². The van der Waals surface area contributed by atoms with Crippen LogP contribution in [0.2, 0.25) is 0 Å². The molecule has 0 saturated carbocycles. The molecule has 1 aliphatic heterocycles. The third kappa shape index (κ3) is 2.15. The Kier molecular flexibility index (Phi) is 3.52. The highest BCUT2D eigenvalue weighted by Crippen LogP contribution is 2.12. The van der Waals surface area contributed by atoms with Crippen LogP contribution in [0.1, 0.15) is 6.92 Å². The Balaban J connectivity index is 2.24. The molecule has 1 heterocycles. The van der Waals surface area contributed by atoms with Crippen molar-refractivity contribution in [2.75, 3.05) is 25.2 Å².